The maximum absolute atomic E-state index is 12.5. The van der Waals surface area contributed by atoms with Gasteiger partial charge in [-0.3, -0.25) is 14.6 Å². The molecule has 4 heterocycles. The number of rotatable bonds is 8. The first-order valence-electron chi connectivity index (χ1n) is 12.8. The van der Waals surface area contributed by atoms with Gasteiger partial charge in [-0.2, -0.15) is 20.4 Å². The first-order chi connectivity index (χ1) is 18.6. The lowest BCUT2D eigenvalue weighted by Gasteiger charge is -2.33. The van der Waals surface area contributed by atoms with Crippen molar-refractivity contribution in [3.05, 3.63) is 53.1 Å². The number of amides is 2. The van der Waals surface area contributed by atoms with Crippen LogP contribution in [0.3, 0.4) is 0 Å². The molecular weight excluding hydrogens is 522 g/mol. The molecule has 0 aromatic carbocycles. The van der Waals surface area contributed by atoms with E-state index in [9.17, 15) is 9.59 Å². The summed E-state index contributed by atoms with van der Waals surface area (Å²) >= 11 is 3.13. The summed E-state index contributed by atoms with van der Waals surface area (Å²) in [7, 11) is 0. The van der Waals surface area contributed by atoms with Gasteiger partial charge in [-0.1, -0.05) is 36.4 Å². The molecule has 3 aromatic rings. The van der Waals surface area contributed by atoms with Crippen molar-refractivity contribution >= 4 is 45.2 Å². The smallest absolute Gasteiger partial charge is 0.232 e. The number of carbonyl (C=O) groups excluding carboxylic acids is 2. The van der Waals surface area contributed by atoms with Crippen LogP contribution < -0.4 is 10.6 Å². The lowest BCUT2D eigenvalue weighted by Crippen LogP contribution is -2.31. The second-order valence-electron chi connectivity index (χ2n) is 9.44. The lowest BCUT2D eigenvalue weighted by atomic mass is 9.78. The molecule has 1 aliphatic heterocycles. The molecule has 1 aliphatic carbocycles. The fraction of sp³-hybridized carbons (Fsp3) is 0.480. The molecule has 198 valence electrons. The van der Waals surface area contributed by atoms with Crippen molar-refractivity contribution in [3.8, 4) is 0 Å². The van der Waals surface area contributed by atoms with Gasteiger partial charge in [-0.05, 0) is 55.9 Å². The van der Waals surface area contributed by atoms with Crippen LogP contribution in [0.1, 0.15) is 61.3 Å². The molecule has 0 saturated heterocycles. The predicted octanol–water partition coefficient (Wildman–Crippen LogP) is 3.18. The largest absolute Gasteiger partial charge is 0.305 e. The Kier molecular flexibility index (Phi) is 8.64. The molecule has 0 radical (unpaired) electrons. The predicted molar refractivity (Wildman–Crippen MR) is 146 cm³/mol. The molecule has 38 heavy (non-hydrogen) atoms. The van der Waals surface area contributed by atoms with Crippen LogP contribution in [-0.4, -0.2) is 58.9 Å². The molecule has 0 bridgehead atoms. The number of nitrogens with zero attached hydrogens (tertiary/aromatic N) is 7. The summed E-state index contributed by atoms with van der Waals surface area (Å²) in [6.07, 6.45) is 8.68. The molecule has 5 rings (SSSR count). The van der Waals surface area contributed by atoms with Gasteiger partial charge in [-0.15, -0.1) is 10.2 Å². The van der Waals surface area contributed by atoms with E-state index < -0.39 is 0 Å². The standard InChI is InChI=1S/C25H29N9O2S2/c1-2-19-22(37-24(28-19)29-20(35)13-17-8-4-10-26-31-17)15-6-3-7-16(12-15)23-33-34-25(38-23)30-21(36)14-18-9-5-11-27-32-18/h4-5,8-11,15-16,19,22H,2-3,6-7,12-14H2,1H3,(H,28,29,35)(H,30,34,36). The van der Waals surface area contributed by atoms with Crippen LogP contribution >= 0.6 is 23.1 Å². The van der Waals surface area contributed by atoms with E-state index in [4.69, 9.17) is 4.99 Å². The molecule has 2 N–H and O–H groups in total. The highest BCUT2D eigenvalue weighted by molar-refractivity contribution is 8.14. The van der Waals surface area contributed by atoms with Gasteiger partial charge in [-0.25, -0.2) is 0 Å². The van der Waals surface area contributed by atoms with Gasteiger partial charge in [0.2, 0.25) is 16.9 Å². The van der Waals surface area contributed by atoms with E-state index in [1.165, 1.54) is 11.3 Å². The molecule has 2 amide bonds. The molecule has 2 aliphatic rings. The van der Waals surface area contributed by atoms with E-state index in [2.05, 4.69) is 48.1 Å². The Hall–Kier alpha value is -3.32. The minimum atomic E-state index is -0.186. The number of thioether (sulfide) groups is 1. The van der Waals surface area contributed by atoms with E-state index in [1.54, 1.807) is 48.4 Å². The van der Waals surface area contributed by atoms with Crippen LogP contribution in [0.25, 0.3) is 0 Å². The first-order valence-corrected chi connectivity index (χ1v) is 14.5. The van der Waals surface area contributed by atoms with Crippen molar-refractivity contribution in [1.82, 2.24) is 35.9 Å². The maximum atomic E-state index is 12.5. The highest BCUT2D eigenvalue weighted by Crippen LogP contribution is 2.45. The fourth-order valence-corrected chi connectivity index (χ4v) is 7.35. The van der Waals surface area contributed by atoms with Crippen LogP contribution in [0.2, 0.25) is 0 Å². The number of amidine groups is 1. The average Bonchev–Trinajstić information content (AvgIpc) is 3.57. The van der Waals surface area contributed by atoms with Gasteiger partial charge in [0.1, 0.15) is 5.01 Å². The molecule has 1 saturated carbocycles. The second kappa shape index (κ2) is 12.5. The average molecular weight is 552 g/mol. The normalized spacial score (nSPS) is 23.0. The number of aliphatic imine (C=N–C) groups is 1. The highest BCUT2D eigenvalue weighted by Gasteiger charge is 2.39. The van der Waals surface area contributed by atoms with E-state index in [1.807, 2.05) is 0 Å². The Morgan fingerprint density at radius 3 is 2.32 bits per heavy atom. The third kappa shape index (κ3) is 6.76. The summed E-state index contributed by atoms with van der Waals surface area (Å²) < 4.78 is 0. The maximum Gasteiger partial charge on any atom is 0.232 e. The number of carbonyl (C=O) groups is 2. The number of hydrogen-bond acceptors (Lipinski definition) is 11. The highest BCUT2D eigenvalue weighted by atomic mass is 32.2. The quantitative estimate of drug-likeness (QED) is 0.430. The van der Waals surface area contributed by atoms with Crippen LogP contribution in [-0.2, 0) is 22.4 Å². The summed E-state index contributed by atoms with van der Waals surface area (Å²) in [5, 5.41) is 32.5. The minimum Gasteiger partial charge on any atom is -0.305 e. The third-order valence-electron chi connectivity index (χ3n) is 6.73. The van der Waals surface area contributed by atoms with Gasteiger partial charge in [0, 0.05) is 23.6 Å². The Labute approximate surface area is 228 Å². The van der Waals surface area contributed by atoms with Crippen molar-refractivity contribution in [2.45, 2.75) is 69.1 Å². The van der Waals surface area contributed by atoms with Crippen LogP contribution in [0.5, 0.6) is 0 Å². The Morgan fingerprint density at radius 1 is 0.947 bits per heavy atom. The molecule has 3 aromatic heterocycles. The summed E-state index contributed by atoms with van der Waals surface area (Å²) in [5.74, 6) is 0.441. The summed E-state index contributed by atoms with van der Waals surface area (Å²) in [4.78, 5) is 29.8. The zero-order valence-corrected chi connectivity index (χ0v) is 22.6. The van der Waals surface area contributed by atoms with Gasteiger partial charge < -0.3 is 10.6 Å². The SMILES string of the molecule is CCC1N=C(NC(=O)Cc2cccnn2)SC1C1CCCC(c2nnc(NC(=O)Cc3cccnn3)s2)C1. The lowest BCUT2D eigenvalue weighted by molar-refractivity contribution is -0.119. The van der Waals surface area contributed by atoms with Gasteiger partial charge in [0.15, 0.2) is 5.17 Å². The number of nitrogens with one attached hydrogen (secondary N) is 2. The molecule has 1 fully saturated rings. The van der Waals surface area contributed by atoms with E-state index in [0.29, 0.717) is 38.8 Å². The topological polar surface area (TPSA) is 148 Å². The molecule has 4 atom stereocenters. The van der Waals surface area contributed by atoms with Gasteiger partial charge >= 0.3 is 0 Å². The van der Waals surface area contributed by atoms with Crippen LogP contribution in [0.15, 0.2) is 41.7 Å². The monoisotopic (exact) mass is 551 g/mol. The van der Waals surface area contributed by atoms with E-state index in [0.717, 1.165) is 37.1 Å². The van der Waals surface area contributed by atoms with Crippen molar-refractivity contribution in [2.24, 2.45) is 10.9 Å². The molecular formula is C25H29N9O2S2. The van der Waals surface area contributed by atoms with E-state index >= 15 is 0 Å². The summed E-state index contributed by atoms with van der Waals surface area (Å²) in [6.45, 7) is 2.15. The number of anilines is 1. The molecule has 11 nitrogen and oxygen atoms in total. The van der Waals surface area contributed by atoms with E-state index in [-0.39, 0.29) is 30.7 Å². The molecule has 0 spiro atoms. The van der Waals surface area contributed by atoms with Gasteiger partial charge in [0.25, 0.3) is 0 Å². The molecule has 4 unspecified atom stereocenters. The number of hydrogen-bond donors (Lipinski definition) is 2. The molecule has 13 heteroatoms. The fourth-order valence-electron chi connectivity index (χ4n) is 4.97. The van der Waals surface area contributed by atoms with Gasteiger partial charge in [0.05, 0.1) is 30.3 Å². The Bertz CT molecular complexity index is 1270. The Balaban J connectivity index is 1.15. The third-order valence-corrected chi connectivity index (χ3v) is 9.13. The van der Waals surface area contributed by atoms with Crippen molar-refractivity contribution in [2.75, 3.05) is 5.32 Å². The number of aromatic nitrogens is 6. The summed E-state index contributed by atoms with van der Waals surface area (Å²) in [5.41, 5.74) is 1.24. The Morgan fingerprint density at radius 2 is 1.66 bits per heavy atom. The first kappa shape index (κ1) is 26.3. The van der Waals surface area contributed by atoms with Crippen molar-refractivity contribution in [3.63, 3.8) is 0 Å². The van der Waals surface area contributed by atoms with Crippen LogP contribution in [0, 0.1) is 5.92 Å². The summed E-state index contributed by atoms with van der Waals surface area (Å²) in [6, 6.07) is 7.25. The second-order valence-corrected chi connectivity index (χ2v) is 11.6. The zero-order valence-electron chi connectivity index (χ0n) is 21.0. The van der Waals surface area contributed by atoms with Crippen molar-refractivity contribution in [1.29, 1.82) is 0 Å². The van der Waals surface area contributed by atoms with Crippen LogP contribution in [0.4, 0.5) is 5.13 Å². The minimum absolute atomic E-state index is 0.128. The van der Waals surface area contributed by atoms with Crippen molar-refractivity contribution < 1.29 is 9.59 Å². The zero-order chi connectivity index (χ0) is 26.3.